The number of fused-ring (bicyclic) bond motifs is 1. The van der Waals surface area contributed by atoms with Gasteiger partial charge in [0.1, 0.15) is 6.26 Å². The highest BCUT2D eigenvalue weighted by Crippen LogP contribution is 2.37. The molecule has 0 bridgehead atoms. The van der Waals surface area contributed by atoms with E-state index in [0.29, 0.717) is 6.04 Å². The highest BCUT2D eigenvalue weighted by molar-refractivity contribution is 5.31. The van der Waals surface area contributed by atoms with Gasteiger partial charge >= 0.3 is 0 Å². The highest BCUT2D eigenvalue weighted by atomic mass is 16.4. The molecule has 2 fully saturated rings. The molecule has 3 rings (SSSR count). The average Bonchev–Trinajstić information content (AvgIpc) is 2.87. The van der Waals surface area contributed by atoms with Gasteiger partial charge in [0.25, 0.3) is 6.01 Å². The van der Waals surface area contributed by atoms with Gasteiger partial charge in [0, 0.05) is 19.1 Å². The standard InChI is InChI=1S/C14H23N3O/c1-15-9-12-10-18-14(16-12)17-8-4-6-11-5-2-3-7-13(11)17/h10-11,13,15H,2-9H2,1H3. The number of oxazole rings is 1. The Bertz CT molecular complexity index is 388. The van der Waals surface area contributed by atoms with Crippen molar-refractivity contribution in [1.82, 2.24) is 10.3 Å². The van der Waals surface area contributed by atoms with Gasteiger partial charge in [-0.2, -0.15) is 4.98 Å². The van der Waals surface area contributed by atoms with Gasteiger partial charge in [-0.25, -0.2) is 0 Å². The Morgan fingerprint density at radius 1 is 1.33 bits per heavy atom. The zero-order chi connectivity index (χ0) is 12.4. The number of aromatic nitrogens is 1. The van der Waals surface area contributed by atoms with Gasteiger partial charge in [0.15, 0.2) is 0 Å². The quantitative estimate of drug-likeness (QED) is 0.894. The second kappa shape index (κ2) is 5.31. The smallest absolute Gasteiger partial charge is 0.297 e. The summed E-state index contributed by atoms with van der Waals surface area (Å²) in [6.45, 7) is 1.89. The van der Waals surface area contributed by atoms with Crippen molar-refractivity contribution in [2.24, 2.45) is 5.92 Å². The zero-order valence-corrected chi connectivity index (χ0v) is 11.2. The number of rotatable bonds is 3. The normalized spacial score (nSPS) is 28.2. The van der Waals surface area contributed by atoms with Crippen LogP contribution in [0.4, 0.5) is 6.01 Å². The molecular weight excluding hydrogens is 226 g/mol. The maximum atomic E-state index is 5.68. The predicted molar refractivity (Wildman–Crippen MR) is 71.6 cm³/mol. The Hall–Kier alpha value is -1.03. The fourth-order valence-corrected chi connectivity index (χ4v) is 3.55. The molecule has 1 N–H and O–H groups in total. The monoisotopic (exact) mass is 249 g/mol. The minimum absolute atomic E-state index is 0.675. The summed E-state index contributed by atoms with van der Waals surface area (Å²) in [4.78, 5) is 7.03. The molecule has 0 radical (unpaired) electrons. The third-order valence-corrected chi connectivity index (χ3v) is 4.39. The van der Waals surface area contributed by atoms with E-state index in [2.05, 4.69) is 15.2 Å². The third-order valence-electron chi connectivity index (χ3n) is 4.39. The Morgan fingerprint density at radius 2 is 2.17 bits per heavy atom. The fraction of sp³-hybridized carbons (Fsp3) is 0.786. The van der Waals surface area contributed by atoms with Gasteiger partial charge in [-0.3, -0.25) is 0 Å². The van der Waals surface area contributed by atoms with E-state index in [9.17, 15) is 0 Å². The molecule has 1 aliphatic carbocycles. The molecule has 0 spiro atoms. The van der Waals surface area contributed by atoms with Crippen LogP contribution in [0.5, 0.6) is 0 Å². The molecule has 2 aliphatic rings. The lowest BCUT2D eigenvalue weighted by molar-refractivity contribution is 0.235. The van der Waals surface area contributed by atoms with Crippen LogP contribution in [-0.4, -0.2) is 24.6 Å². The van der Waals surface area contributed by atoms with Crippen LogP contribution in [0.15, 0.2) is 10.7 Å². The molecule has 0 amide bonds. The van der Waals surface area contributed by atoms with E-state index < -0.39 is 0 Å². The van der Waals surface area contributed by atoms with Crippen molar-refractivity contribution in [2.75, 3.05) is 18.5 Å². The van der Waals surface area contributed by atoms with E-state index in [1.165, 1.54) is 38.5 Å². The zero-order valence-electron chi connectivity index (χ0n) is 11.2. The molecule has 4 heteroatoms. The van der Waals surface area contributed by atoms with Crippen LogP contribution in [-0.2, 0) is 6.54 Å². The van der Waals surface area contributed by atoms with Crippen LogP contribution < -0.4 is 10.2 Å². The maximum absolute atomic E-state index is 5.68. The lowest BCUT2D eigenvalue weighted by Gasteiger charge is -2.43. The summed E-state index contributed by atoms with van der Waals surface area (Å²) < 4.78 is 5.68. The summed E-state index contributed by atoms with van der Waals surface area (Å²) in [6, 6.07) is 1.52. The molecule has 18 heavy (non-hydrogen) atoms. The van der Waals surface area contributed by atoms with Crippen molar-refractivity contribution < 1.29 is 4.42 Å². The van der Waals surface area contributed by atoms with Crippen molar-refractivity contribution in [3.63, 3.8) is 0 Å². The Kier molecular flexibility index (Phi) is 3.55. The number of nitrogens with one attached hydrogen (secondary N) is 1. The molecule has 2 unspecified atom stereocenters. The molecule has 1 aromatic heterocycles. The van der Waals surface area contributed by atoms with Crippen molar-refractivity contribution >= 4 is 6.01 Å². The first-order chi connectivity index (χ1) is 8.88. The van der Waals surface area contributed by atoms with Gasteiger partial charge in [0.2, 0.25) is 0 Å². The first-order valence-corrected chi connectivity index (χ1v) is 7.24. The SMILES string of the molecule is CNCc1coc(N2CCCC3CCCCC32)n1. The van der Waals surface area contributed by atoms with Crippen LogP contribution in [0, 0.1) is 5.92 Å². The van der Waals surface area contributed by atoms with Gasteiger partial charge < -0.3 is 14.6 Å². The first kappa shape index (κ1) is 12.0. The molecule has 2 atom stereocenters. The Morgan fingerprint density at radius 3 is 3.06 bits per heavy atom. The second-order valence-corrected chi connectivity index (χ2v) is 5.60. The number of piperidine rings is 1. The van der Waals surface area contributed by atoms with E-state index in [1.54, 1.807) is 6.26 Å². The molecule has 0 aromatic carbocycles. The van der Waals surface area contributed by atoms with E-state index in [1.807, 2.05) is 7.05 Å². The Balaban J connectivity index is 1.76. The largest absolute Gasteiger partial charge is 0.432 e. The summed E-state index contributed by atoms with van der Waals surface area (Å²) in [5, 5.41) is 3.12. The Labute approximate surface area is 109 Å². The molecular formula is C14H23N3O. The molecule has 1 saturated carbocycles. The van der Waals surface area contributed by atoms with Crippen LogP contribution >= 0.6 is 0 Å². The van der Waals surface area contributed by atoms with Crippen LogP contribution in [0.25, 0.3) is 0 Å². The molecule has 1 saturated heterocycles. The van der Waals surface area contributed by atoms with Crippen molar-refractivity contribution in [2.45, 2.75) is 51.1 Å². The van der Waals surface area contributed by atoms with E-state index >= 15 is 0 Å². The van der Waals surface area contributed by atoms with Crippen LogP contribution in [0.2, 0.25) is 0 Å². The molecule has 100 valence electrons. The molecule has 4 nitrogen and oxygen atoms in total. The number of nitrogens with zero attached hydrogens (tertiary/aromatic N) is 2. The fourth-order valence-electron chi connectivity index (χ4n) is 3.55. The van der Waals surface area contributed by atoms with Gasteiger partial charge in [-0.05, 0) is 38.6 Å². The second-order valence-electron chi connectivity index (χ2n) is 5.60. The minimum Gasteiger partial charge on any atom is -0.432 e. The predicted octanol–water partition coefficient (Wildman–Crippen LogP) is 2.55. The van der Waals surface area contributed by atoms with Crippen molar-refractivity contribution in [3.8, 4) is 0 Å². The molecule has 2 heterocycles. The van der Waals surface area contributed by atoms with Crippen LogP contribution in [0.1, 0.15) is 44.2 Å². The van der Waals surface area contributed by atoms with Gasteiger partial charge in [-0.15, -0.1) is 0 Å². The summed E-state index contributed by atoms with van der Waals surface area (Å²) in [5.74, 6) is 0.868. The maximum Gasteiger partial charge on any atom is 0.297 e. The third kappa shape index (κ3) is 2.26. The molecule has 1 aliphatic heterocycles. The topological polar surface area (TPSA) is 41.3 Å². The van der Waals surface area contributed by atoms with Crippen molar-refractivity contribution in [3.05, 3.63) is 12.0 Å². The summed E-state index contributed by atoms with van der Waals surface area (Å²) in [6.07, 6.45) is 9.95. The first-order valence-electron chi connectivity index (χ1n) is 7.24. The summed E-state index contributed by atoms with van der Waals surface area (Å²) in [5.41, 5.74) is 1.01. The summed E-state index contributed by atoms with van der Waals surface area (Å²) in [7, 11) is 1.94. The molecule has 1 aromatic rings. The van der Waals surface area contributed by atoms with Crippen molar-refractivity contribution in [1.29, 1.82) is 0 Å². The lowest BCUT2D eigenvalue weighted by atomic mass is 9.78. The lowest BCUT2D eigenvalue weighted by Crippen LogP contribution is -2.47. The van der Waals surface area contributed by atoms with Gasteiger partial charge in [-0.1, -0.05) is 12.8 Å². The minimum atomic E-state index is 0.675. The van der Waals surface area contributed by atoms with E-state index in [-0.39, 0.29) is 0 Å². The van der Waals surface area contributed by atoms with Crippen LogP contribution in [0.3, 0.4) is 0 Å². The number of anilines is 1. The summed E-state index contributed by atoms with van der Waals surface area (Å²) >= 11 is 0. The van der Waals surface area contributed by atoms with E-state index in [0.717, 1.165) is 30.7 Å². The number of hydrogen-bond donors (Lipinski definition) is 1. The van der Waals surface area contributed by atoms with E-state index in [4.69, 9.17) is 4.42 Å². The highest BCUT2D eigenvalue weighted by Gasteiger charge is 2.35. The average molecular weight is 249 g/mol. The number of hydrogen-bond acceptors (Lipinski definition) is 4. The van der Waals surface area contributed by atoms with Gasteiger partial charge in [0.05, 0.1) is 5.69 Å².